The molecule has 1 aromatic carbocycles. The van der Waals surface area contributed by atoms with Crippen LogP contribution in [0.1, 0.15) is 18.6 Å². The van der Waals surface area contributed by atoms with Gasteiger partial charge in [0.15, 0.2) is 0 Å². The van der Waals surface area contributed by atoms with Crippen molar-refractivity contribution >= 4 is 11.6 Å². The van der Waals surface area contributed by atoms with Crippen molar-refractivity contribution in [3.63, 3.8) is 0 Å². The average molecular weight is 223 g/mol. The Labute approximate surface area is 92.9 Å². The van der Waals surface area contributed by atoms with E-state index in [9.17, 15) is 5.11 Å². The first-order valence-electron chi connectivity index (χ1n) is 4.66. The highest BCUT2D eigenvalue weighted by Crippen LogP contribution is 2.21. The Morgan fingerprint density at radius 3 is 2.73 bits per heavy atom. The number of para-hydroxylation sites is 1. The van der Waals surface area contributed by atoms with Gasteiger partial charge in [0.2, 0.25) is 0 Å². The van der Waals surface area contributed by atoms with E-state index in [2.05, 4.69) is 5.10 Å². The molecule has 1 N–H and O–H groups in total. The summed E-state index contributed by atoms with van der Waals surface area (Å²) in [6.07, 6.45) is 2.76. The predicted octanol–water partition coefficient (Wildman–Crippen LogP) is 2.58. The van der Waals surface area contributed by atoms with E-state index in [0.717, 1.165) is 11.3 Å². The molecular formula is C11H11ClN2O. The molecule has 2 rings (SSSR count). The lowest BCUT2D eigenvalue weighted by atomic mass is 10.1. The van der Waals surface area contributed by atoms with Gasteiger partial charge in [-0.2, -0.15) is 5.10 Å². The van der Waals surface area contributed by atoms with Gasteiger partial charge in [-0.1, -0.05) is 29.8 Å². The summed E-state index contributed by atoms with van der Waals surface area (Å²) in [6.45, 7) is 1.73. The molecule has 1 heterocycles. The van der Waals surface area contributed by atoms with Gasteiger partial charge in [0.05, 0.1) is 23.0 Å². The molecule has 0 aliphatic heterocycles. The summed E-state index contributed by atoms with van der Waals surface area (Å²) in [4.78, 5) is 0. The van der Waals surface area contributed by atoms with Gasteiger partial charge in [0, 0.05) is 11.8 Å². The smallest absolute Gasteiger partial charge is 0.0790 e. The number of aliphatic hydroxyl groups excluding tert-OH is 1. The van der Waals surface area contributed by atoms with Crippen LogP contribution in [-0.2, 0) is 0 Å². The van der Waals surface area contributed by atoms with Gasteiger partial charge in [0.1, 0.15) is 0 Å². The Bertz CT molecular complexity index is 465. The van der Waals surface area contributed by atoms with Crippen molar-refractivity contribution in [1.29, 1.82) is 0 Å². The fourth-order valence-electron chi connectivity index (χ4n) is 1.48. The van der Waals surface area contributed by atoms with Crippen LogP contribution in [-0.4, -0.2) is 14.9 Å². The van der Waals surface area contributed by atoms with E-state index < -0.39 is 6.10 Å². The second kappa shape index (κ2) is 4.04. The van der Waals surface area contributed by atoms with Crippen LogP contribution in [0, 0.1) is 0 Å². The van der Waals surface area contributed by atoms with Gasteiger partial charge in [-0.05, 0) is 13.0 Å². The Hall–Kier alpha value is -1.32. The fourth-order valence-corrected chi connectivity index (χ4v) is 1.62. The number of hydrogen-bond donors (Lipinski definition) is 1. The molecule has 0 radical (unpaired) electrons. The van der Waals surface area contributed by atoms with E-state index in [1.807, 2.05) is 24.3 Å². The highest BCUT2D eigenvalue weighted by molar-refractivity contribution is 6.30. The van der Waals surface area contributed by atoms with Crippen LogP contribution in [0.25, 0.3) is 5.69 Å². The zero-order chi connectivity index (χ0) is 10.8. The molecular weight excluding hydrogens is 212 g/mol. The Morgan fingerprint density at radius 2 is 2.13 bits per heavy atom. The minimum Gasteiger partial charge on any atom is -0.389 e. The largest absolute Gasteiger partial charge is 0.389 e. The third kappa shape index (κ3) is 2.03. The Morgan fingerprint density at radius 1 is 1.40 bits per heavy atom. The maximum Gasteiger partial charge on any atom is 0.0790 e. The predicted molar refractivity (Wildman–Crippen MR) is 59.2 cm³/mol. The number of rotatable bonds is 2. The van der Waals surface area contributed by atoms with Crippen LogP contribution in [0.2, 0.25) is 5.02 Å². The van der Waals surface area contributed by atoms with Crippen molar-refractivity contribution in [2.45, 2.75) is 13.0 Å². The first-order valence-corrected chi connectivity index (χ1v) is 5.04. The molecule has 0 aliphatic rings. The van der Waals surface area contributed by atoms with Crippen molar-refractivity contribution in [1.82, 2.24) is 9.78 Å². The van der Waals surface area contributed by atoms with E-state index in [1.165, 1.54) is 0 Å². The summed E-state index contributed by atoms with van der Waals surface area (Å²) >= 11 is 5.80. The Balaban J connectivity index is 2.52. The van der Waals surface area contributed by atoms with Gasteiger partial charge in [-0.3, -0.25) is 0 Å². The van der Waals surface area contributed by atoms with Gasteiger partial charge < -0.3 is 5.11 Å². The van der Waals surface area contributed by atoms with E-state index in [1.54, 1.807) is 24.0 Å². The molecule has 0 saturated heterocycles. The van der Waals surface area contributed by atoms with Crippen molar-refractivity contribution < 1.29 is 5.11 Å². The molecule has 1 aromatic heterocycles. The van der Waals surface area contributed by atoms with E-state index >= 15 is 0 Å². The number of halogens is 1. The third-order valence-electron chi connectivity index (χ3n) is 2.18. The summed E-state index contributed by atoms with van der Waals surface area (Å²) in [5.74, 6) is 0. The van der Waals surface area contributed by atoms with Crippen molar-refractivity contribution in [2.75, 3.05) is 0 Å². The molecule has 0 unspecified atom stereocenters. The first kappa shape index (κ1) is 10.2. The summed E-state index contributed by atoms with van der Waals surface area (Å²) in [6, 6.07) is 7.55. The molecule has 2 aromatic rings. The van der Waals surface area contributed by atoms with Crippen LogP contribution in [0.15, 0.2) is 36.7 Å². The van der Waals surface area contributed by atoms with Gasteiger partial charge in [-0.25, -0.2) is 4.68 Å². The normalized spacial score (nSPS) is 12.7. The summed E-state index contributed by atoms with van der Waals surface area (Å²) in [5.41, 5.74) is 1.68. The summed E-state index contributed by atoms with van der Waals surface area (Å²) < 4.78 is 1.66. The number of benzene rings is 1. The quantitative estimate of drug-likeness (QED) is 0.848. The molecule has 0 amide bonds. The minimum atomic E-state index is -0.524. The van der Waals surface area contributed by atoms with Crippen LogP contribution in [0.5, 0.6) is 0 Å². The lowest BCUT2D eigenvalue weighted by molar-refractivity contribution is 0.199. The molecule has 0 saturated carbocycles. The van der Waals surface area contributed by atoms with Gasteiger partial charge >= 0.3 is 0 Å². The standard InChI is InChI=1S/C11H11ClN2O/c1-8(15)10-4-2-3-5-11(10)14-7-9(12)6-13-14/h2-8,15H,1H3/t8-/m1/s1. The van der Waals surface area contributed by atoms with Crippen LogP contribution >= 0.6 is 11.6 Å². The number of aliphatic hydroxyl groups is 1. The van der Waals surface area contributed by atoms with Crippen LogP contribution < -0.4 is 0 Å². The molecule has 4 heteroatoms. The monoisotopic (exact) mass is 222 g/mol. The summed E-state index contributed by atoms with van der Waals surface area (Å²) in [5, 5.41) is 14.3. The number of nitrogens with zero attached hydrogens (tertiary/aromatic N) is 2. The Kier molecular flexibility index (Phi) is 2.75. The van der Waals surface area contributed by atoms with E-state index in [4.69, 9.17) is 11.6 Å². The zero-order valence-electron chi connectivity index (χ0n) is 8.26. The molecule has 15 heavy (non-hydrogen) atoms. The topological polar surface area (TPSA) is 38.0 Å². The summed E-state index contributed by atoms with van der Waals surface area (Å²) in [7, 11) is 0. The van der Waals surface area contributed by atoms with Crippen LogP contribution in [0.4, 0.5) is 0 Å². The molecule has 0 fully saturated rings. The molecule has 1 atom stereocenters. The third-order valence-corrected chi connectivity index (χ3v) is 2.38. The molecule has 0 aliphatic carbocycles. The second-order valence-corrected chi connectivity index (χ2v) is 3.77. The van der Waals surface area contributed by atoms with E-state index in [-0.39, 0.29) is 0 Å². The van der Waals surface area contributed by atoms with Gasteiger partial charge in [0.25, 0.3) is 0 Å². The highest BCUT2D eigenvalue weighted by Gasteiger charge is 2.09. The maximum absolute atomic E-state index is 9.60. The second-order valence-electron chi connectivity index (χ2n) is 3.34. The van der Waals surface area contributed by atoms with Crippen molar-refractivity contribution in [3.8, 4) is 5.69 Å². The highest BCUT2D eigenvalue weighted by atomic mass is 35.5. The van der Waals surface area contributed by atoms with Gasteiger partial charge in [-0.15, -0.1) is 0 Å². The lowest BCUT2D eigenvalue weighted by Gasteiger charge is -2.11. The van der Waals surface area contributed by atoms with Crippen LogP contribution in [0.3, 0.4) is 0 Å². The maximum atomic E-state index is 9.60. The lowest BCUT2D eigenvalue weighted by Crippen LogP contribution is -2.02. The average Bonchev–Trinajstić information content (AvgIpc) is 2.65. The molecule has 0 bridgehead atoms. The number of hydrogen-bond acceptors (Lipinski definition) is 2. The van der Waals surface area contributed by atoms with E-state index in [0.29, 0.717) is 5.02 Å². The fraction of sp³-hybridized carbons (Fsp3) is 0.182. The molecule has 78 valence electrons. The minimum absolute atomic E-state index is 0.524. The van der Waals surface area contributed by atoms with Crippen molar-refractivity contribution in [2.24, 2.45) is 0 Å². The number of aromatic nitrogens is 2. The SMILES string of the molecule is C[C@@H](O)c1ccccc1-n1cc(Cl)cn1. The molecule has 3 nitrogen and oxygen atoms in total. The molecule has 0 spiro atoms. The zero-order valence-corrected chi connectivity index (χ0v) is 9.02. The first-order chi connectivity index (χ1) is 7.18. The van der Waals surface area contributed by atoms with Crippen molar-refractivity contribution in [3.05, 3.63) is 47.2 Å².